The summed E-state index contributed by atoms with van der Waals surface area (Å²) in [4.78, 5) is 18.7. The van der Waals surface area contributed by atoms with Gasteiger partial charge < -0.3 is 10.2 Å². The minimum atomic E-state index is 0.00379. The molecule has 0 spiro atoms. The topological polar surface area (TPSA) is 45.2 Å². The molecule has 0 aliphatic carbocycles. The van der Waals surface area contributed by atoms with Crippen LogP contribution in [0.1, 0.15) is 30.6 Å². The first-order chi connectivity index (χ1) is 9.61. The zero-order valence-corrected chi connectivity index (χ0v) is 13.4. The lowest BCUT2D eigenvalue weighted by Crippen LogP contribution is -2.41. The fraction of sp³-hybridized carbons (Fsp3) is 0.571. The van der Waals surface area contributed by atoms with Crippen LogP contribution < -0.4 is 5.32 Å². The smallest absolute Gasteiger partial charge is 0.255 e. The SMILES string of the molecule is CCCNc1cc(C(=O)N2CCSC(C)C2)c(Cl)cn1. The van der Waals surface area contributed by atoms with Crippen molar-refractivity contribution < 1.29 is 4.79 Å². The van der Waals surface area contributed by atoms with Crippen LogP contribution in [0.5, 0.6) is 0 Å². The van der Waals surface area contributed by atoms with Gasteiger partial charge in [0.25, 0.3) is 5.91 Å². The molecule has 0 radical (unpaired) electrons. The number of carbonyl (C=O) groups is 1. The number of halogens is 1. The number of aromatic nitrogens is 1. The average Bonchev–Trinajstić information content (AvgIpc) is 2.45. The molecule has 1 aromatic rings. The van der Waals surface area contributed by atoms with Crippen LogP contribution in [-0.2, 0) is 0 Å². The van der Waals surface area contributed by atoms with Gasteiger partial charge in [0, 0.05) is 36.8 Å². The minimum Gasteiger partial charge on any atom is -0.370 e. The third kappa shape index (κ3) is 3.79. The second-order valence-electron chi connectivity index (χ2n) is 4.91. The molecule has 0 bridgehead atoms. The molecule has 2 heterocycles. The van der Waals surface area contributed by atoms with Crippen molar-refractivity contribution in [2.24, 2.45) is 0 Å². The van der Waals surface area contributed by atoms with Gasteiger partial charge in [-0.15, -0.1) is 0 Å². The summed E-state index contributed by atoms with van der Waals surface area (Å²) in [6.45, 7) is 6.62. The Labute approximate surface area is 129 Å². The Hall–Kier alpha value is -0.940. The van der Waals surface area contributed by atoms with Crippen molar-refractivity contribution in [2.75, 3.05) is 30.7 Å². The van der Waals surface area contributed by atoms with Gasteiger partial charge in [-0.1, -0.05) is 25.4 Å². The Kier molecular flexibility index (Phi) is 5.54. The maximum absolute atomic E-state index is 12.6. The van der Waals surface area contributed by atoms with Gasteiger partial charge in [0.05, 0.1) is 10.6 Å². The molecule has 1 atom stereocenters. The highest BCUT2D eigenvalue weighted by Gasteiger charge is 2.24. The molecular formula is C14H20ClN3OS. The summed E-state index contributed by atoms with van der Waals surface area (Å²) in [7, 11) is 0. The number of hydrogen-bond donors (Lipinski definition) is 1. The first kappa shape index (κ1) is 15.4. The molecule has 1 saturated heterocycles. The largest absolute Gasteiger partial charge is 0.370 e. The van der Waals surface area contributed by atoms with E-state index in [4.69, 9.17) is 11.6 Å². The molecule has 0 saturated carbocycles. The number of rotatable bonds is 4. The molecule has 1 aromatic heterocycles. The van der Waals surface area contributed by atoms with Crippen LogP contribution >= 0.6 is 23.4 Å². The minimum absolute atomic E-state index is 0.00379. The molecular weight excluding hydrogens is 294 g/mol. The van der Waals surface area contributed by atoms with E-state index in [-0.39, 0.29) is 5.91 Å². The van der Waals surface area contributed by atoms with Crippen LogP contribution in [0.3, 0.4) is 0 Å². The summed E-state index contributed by atoms with van der Waals surface area (Å²) in [6, 6.07) is 1.76. The Balaban J connectivity index is 2.15. The molecule has 0 aromatic carbocycles. The lowest BCUT2D eigenvalue weighted by molar-refractivity contribution is 0.0763. The number of thioether (sulfide) groups is 1. The first-order valence-corrected chi connectivity index (χ1v) is 8.34. The van der Waals surface area contributed by atoms with Crippen molar-refractivity contribution in [1.29, 1.82) is 0 Å². The van der Waals surface area contributed by atoms with Gasteiger partial charge >= 0.3 is 0 Å². The molecule has 1 aliphatic heterocycles. The van der Waals surface area contributed by atoms with Crippen molar-refractivity contribution >= 4 is 35.1 Å². The van der Waals surface area contributed by atoms with Crippen molar-refractivity contribution in [3.05, 3.63) is 22.8 Å². The zero-order valence-electron chi connectivity index (χ0n) is 11.9. The van der Waals surface area contributed by atoms with E-state index in [1.807, 2.05) is 16.7 Å². The number of nitrogens with zero attached hydrogens (tertiary/aromatic N) is 2. The maximum atomic E-state index is 12.6. The molecule has 4 nitrogen and oxygen atoms in total. The van der Waals surface area contributed by atoms with Crippen molar-refractivity contribution in [2.45, 2.75) is 25.5 Å². The van der Waals surface area contributed by atoms with E-state index in [1.165, 1.54) is 0 Å². The molecule has 1 fully saturated rings. The predicted molar refractivity (Wildman–Crippen MR) is 85.9 cm³/mol. The maximum Gasteiger partial charge on any atom is 0.255 e. The molecule has 1 unspecified atom stereocenters. The number of pyridine rings is 1. The van der Waals surface area contributed by atoms with Crippen LogP contribution in [0.4, 0.5) is 5.82 Å². The number of hydrogen-bond acceptors (Lipinski definition) is 4. The fourth-order valence-corrected chi connectivity index (χ4v) is 3.32. The van der Waals surface area contributed by atoms with E-state index in [0.717, 1.165) is 31.8 Å². The van der Waals surface area contributed by atoms with Crippen molar-refractivity contribution in [3.8, 4) is 0 Å². The van der Waals surface area contributed by atoms with Crippen LogP contribution in [-0.4, -0.2) is 46.4 Å². The second kappa shape index (κ2) is 7.18. The Morgan fingerprint density at radius 1 is 1.65 bits per heavy atom. The number of nitrogens with one attached hydrogen (secondary N) is 1. The summed E-state index contributed by atoms with van der Waals surface area (Å²) in [5.74, 6) is 1.69. The van der Waals surface area contributed by atoms with E-state index in [1.54, 1.807) is 12.3 Å². The standard InChI is InChI=1S/C14H20ClN3OS/c1-3-4-16-13-7-11(12(15)8-17-13)14(19)18-5-6-20-10(2)9-18/h7-8,10H,3-6,9H2,1-2H3,(H,16,17). The highest BCUT2D eigenvalue weighted by Crippen LogP contribution is 2.24. The third-order valence-corrected chi connectivity index (χ3v) is 4.61. The van der Waals surface area contributed by atoms with Gasteiger partial charge in [-0.3, -0.25) is 4.79 Å². The van der Waals surface area contributed by atoms with E-state index in [0.29, 0.717) is 21.7 Å². The van der Waals surface area contributed by atoms with Gasteiger partial charge in [-0.2, -0.15) is 11.8 Å². The van der Waals surface area contributed by atoms with E-state index < -0.39 is 0 Å². The van der Waals surface area contributed by atoms with Gasteiger partial charge in [-0.25, -0.2) is 4.98 Å². The normalized spacial score (nSPS) is 18.9. The quantitative estimate of drug-likeness (QED) is 0.927. The summed E-state index contributed by atoms with van der Waals surface area (Å²) in [5, 5.41) is 4.08. The fourth-order valence-electron chi connectivity index (χ4n) is 2.13. The molecule has 6 heteroatoms. The highest BCUT2D eigenvalue weighted by atomic mass is 35.5. The highest BCUT2D eigenvalue weighted by molar-refractivity contribution is 7.99. The average molecular weight is 314 g/mol. The molecule has 1 aliphatic rings. The van der Waals surface area contributed by atoms with Gasteiger partial charge in [0.1, 0.15) is 5.82 Å². The lowest BCUT2D eigenvalue weighted by Gasteiger charge is -2.30. The Morgan fingerprint density at radius 3 is 3.15 bits per heavy atom. The molecule has 20 heavy (non-hydrogen) atoms. The van der Waals surface area contributed by atoms with Crippen LogP contribution in [0.25, 0.3) is 0 Å². The van der Waals surface area contributed by atoms with E-state index >= 15 is 0 Å². The van der Waals surface area contributed by atoms with Crippen molar-refractivity contribution in [1.82, 2.24) is 9.88 Å². The van der Waals surface area contributed by atoms with Gasteiger partial charge in [-0.05, 0) is 12.5 Å². The van der Waals surface area contributed by atoms with E-state index in [9.17, 15) is 4.79 Å². The number of anilines is 1. The first-order valence-electron chi connectivity index (χ1n) is 6.92. The van der Waals surface area contributed by atoms with Gasteiger partial charge in [0.2, 0.25) is 0 Å². The summed E-state index contributed by atoms with van der Waals surface area (Å²) in [6.07, 6.45) is 2.56. The van der Waals surface area contributed by atoms with E-state index in [2.05, 4.69) is 24.1 Å². The number of carbonyl (C=O) groups excluding carboxylic acids is 1. The second-order valence-corrected chi connectivity index (χ2v) is 6.86. The van der Waals surface area contributed by atoms with Gasteiger partial charge in [0.15, 0.2) is 0 Å². The monoisotopic (exact) mass is 313 g/mol. The van der Waals surface area contributed by atoms with Crippen LogP contribution in [0.15, 0.2) is 12.3 Å². The summed E-state index contributed by atoms with van der Waals surface area (Å²) >= 11 is 8.04. The molecule has 110 valence electrons. The number of amides is 1. The summed E-state index contributed by atoms with van der Waals surface area (Å²) < 4.78 is 0. The van der Waals surface area contributed by atoms with Crippen molar-refractivity contribution in [3.63, 3.8) is 0 Å². The Morgan fingerprint density at radius 2 is 2.45 bits per heavy atom. The Bertz CT molecular complexity index is 483. The van der Waals surface area contributed by atoms with Crippen LogP contribution in [0.2, 0.25) is 5.02 Å². The molecule has 2 rings (SSSR count). The summed E-state index contributed by atoms with van der Waals surface area (Å²) in [5.41, 5.74) is 0.541. The third-order valence-electron chi connectivity index (χ3n) is 3.17. The zero-order chi connectivity index (χ0) is 14.5. The lowest BCUT2D eigenvalue weighted by atomic mass is 10.2. The predicted octanol–water partition coefficient (Wildman–Crippen LogP) is 3.13. The molecule has 1 amide bonds. The van der Waals surface area contributed by atoms with Crippen LogP contribution in [0, 0.1) is 0 Å². The molecule has 1 N–H and O–H groups in total.